The Labute approximate surface area is 75.2 Å². The summed E-state index contributed by atoms with van der Waals surface area (Å²) in [5, 5.41) is 0. The molecule has 0 aliphatic carbocycles. The third-order valence-electron chi connectivity index (χ3n) is 0.900. The average molecular weight is 253 g/mol. The van der Waals surface area contributed by atoms with Gasteiger partial charge in [-0.2, -0.15) is 5.90 Å². The summed E-state index contributed by atoms with van der Waals surface area (Å²) in [5.41, 5.74) is 0.963. The summed E-state index contributed by atoms with van der Waals surface area (Å²) in [6.07, 6.45) is 2.71. The van der Waals surface area contributed by atoms with Crippen molar-refractivity contribution in [2.75, 3.05) is 4.43 Å². The molecule has 0 heterocycles. The maximum atomic E-state index is 4.99. The molecule has 3 heteroatoms. The lowest BCUT2D eigenvalue weighted by molar-refractivity contribution is 0.213. The number of nitrogens with two attached hydrogens (primary N) is 1. The van der Waals surface area contributed by atoms with Crippen LogP contribution < -0.4 is 5.90 Å². The number of rotatable bonds is 4. The van der Waals surface area contributed by atoms with E-state index in [1.54, 1.807) is 0 Å². The zero-order valence-corrected chi connectivity index (χ0v) is 8.22. The standard InChI is InChI=1S/C7H12INO/c1-6(2)5-7(10-9)3-4-8/h5H,1,3-4,9H2,2H3/b7-5-. The highest BCUT2D eigenvalue weighted by Gasteiger charge is 1.93. The van der Waals surface area contributed by atoms with E-state index in [2.05, 4.69) is 34.0 Å². The molecule has 0 saturated carbocycles. The first-order chi connectivity index (χ1) is 4.70. The van der Waals surface area contributed by atoms with Gasteiger partial charge in [0.15, 0.2) is 0 Å². The minimum Gasteiger partial charge on any atom is -0.416 e. The van der Waals surface area contributed by atoms with Gasteiger partial charge in [-0.3, -0.25) is 0 Å². The molecular formula is C7H12INO. The Morgan fingerprint density at radius 2 is 2.40 bits per heavy atom. The van der Waals surface area contributed by atoms with Gasteiger partial charge in [0.1, 0.15) is 5.76 Å². The van der Waals surface area contributed by atoms with Crippen LogP contribution in [-0.4, -0.2) is 4.43 Å². The van der Waals surface area contributed by atoms with Gasteiger partial charge in [0.05, 0.1) is 0 Å². The second-order valence-electron chi connectivity index (χ2n) is 2.01. The Balaban J connectivity index is 3.91. The zero-order chi connectivity index (χ0) is 7.98. The molecule has 0 spiro atoms. The van der Waals surface area contributed by atoms with Crippen molar-refractivity contribution in [2.24, 2.45) is 5.90 Å². The summed E-state index contributed by atoms with van der Waals surface area (Å²) in [7, 11) is 0. The number of halogens is 1. The topological polar surface area (TPSA) is 35.2 Å². The molecule has 0 aromatic carbocycles. The van der Waals surface area contributed by atoms with Crippen LogP contribution in [0.4, 0.5) is 0 Å². The van der Waals surface area contributed by atoms with Gasteiger partial charge in [-0.25, -0.2) is 0 Å². The minimum atomic E-state index is 0.793. The monoisotopic (exact) mass is 253 g/mol. The fraction of sp³-hybridized carbons (Fsp3) is 0.429. The van der Waals surface area contributed by atoms with Crippen molar-refractivity contribution < 1.29 is 4.84 Å². The molecular weight excluding hydrogens is 241 g/mol. The van der Waals surface area contributed by atoms with E-state index in [0.29, 0.717) is 0 Å². The molecule has 0 aromatic heterocycles. The number of hydrogen-bond acceptors (Lipinski definition) is 2. The fourth-order valence-corrected chi connectivity index (χ4v) is 1.06. The third-order valence-corrected chi connectivity index (χ3v) is 1.44. The van der Waals surface area contributed by atoms with Gasteiger partial charge in [0.25, 0.3) is 0 Å². The molecule has 0 aliphatic rings. The molecule has 2 N–H and O–H groups in total. The molecule has 58 valence electrons. The lowest BCUT2D eigenvalue weighted by Gasteiger charge is -2.01. The predicted octanol–water partition coefficient (Wildman–Crippen LogP) is 2.16. The average Bonchev–Trinajstić information content (AvgIpc) is 1.86. The van der Waals surface area contributed by atoms with Crippen LogP contribution in [0.3, 0.4) is 0 Å². The smallest absolute Gasteiger partial charge is 0.124 e. The van der Waals surface area contributed by atoms with E-state index in [-0.39, 0.29) is 0 Å². The van der Waals surface area contributed by atoms with Crippen molar-refractivity contribution >= 4 is 22.6 Å². The molecule has 2 nitrogen and oxygen atoms in total. The summed E-state index contributed by atoms with van der Waals surface area (Å²) in [5.74, 6) is 5.79. The molecule has 0 bridgehead atoms. The SMILES string of the molecule is C=C(C)/C=C(/CCI)ON. The molecule has 0 saturated heterocycles. The summed E-state index contributed by atoms with van der Waals surface area (Å²) < 4.78 is 1.01. The molecule has 0 atom stereocenters. The van der Waals surface area contributed by atoms with E-state index in [9.17, 15) is 0 Å². The van der Waals surface area contributed by atoms with Crippen molar-refractivity contribution in [3.8, 4) is 0 Å². The third kappa shape index (κ3) is 4.81. The minimum absolute atomic E-state index is 0.793. The van der Waals surface area contributed by atoms with Crippen LogP contribution in [0.5, 0.6) is 0 Å². The first-order valence-electron chi connectivity index (χ1n) is 2.99. The van der Waals surface area contributed by atoms with Crippen LogP contribution in [-0.2, 0) is 4.84 Å². The Morgan fingerprint density at radius 3 is 2.70 bits per heavy atom. The van der Waals surface area contributed by atoms with Gasteiger partial charge >= 0.3 is 0 Å². The van der Waals surface area contributed by atoms with Crippen LogP contribution in [0.2, 0.25) is 0 Å². The van der Waals surface area contributed by atoms with Crippen LogP contribution in [0.15, 0.2) is 24.0 Å². The van der Waals surface area contributed by atoms with E-state index >= 15 is 0 Å². The van der Waals surface area contributed by atoms with E-state index in [4.69, 9.17) is 5.90 Å². The highest BCUT2D eigenvalue weighted by atomic mass is 127. The highest BCUT2D eigenvalue weighted by Crippen LogP contribution is 2.06. The Hall–Kier alpha value is -0.0300. The summed E-state index contributed by atoms with van der Waals surface area (Å²) in [6, 6.07) is 0. The summed E-state index contributed by atoms with van der Waals surface area (Å²) in [6.45, 7) is 5.62. The first-order valence-corrected chi connectivity index (χ1v) is 4.52. The molecule has 0 amide bonds. The Kier molecular flexibility index (Phi) is 5.71. The molecule has 0 rings (SSSR count). The van der Waals surface area contributed by atoms with Crippen molar-refractivity contribution in [1.82, 2.24) is 0 Å². The van der Waals surface area contributed by atoms with E-state index in [1.165, 1.54) is 0 Å². The van der Waals surface area contributed by atoms with Gasteiger partial charge in [0, 0.05) is 10.8 Å². The zero-order valence-electron chi connectivity index (χ0n) is 6.06. The van der Waals surface area contributed by atoms with Gasteiger partial charge < -0.3 is 4.84 Å². The van der Waals surface area contributed by atoms with Crippen molar-refractivity contribution in [3.63, 3.8) is 0 Å². The molecule has 0 fully saturated rings. The largest absolute Gasteiger partial charge is 0.416 e. The fourth-order valence-electron chi connectivity index (χ4n) is 0.533. The molecule has 0 aromatic rings. The van der Waals surface area contributed by atoms with Crippen LogP contribution in [0.1, 0.15) is 13.3 Å². The van der Waals surface area contributed by atoms with Crippen molar-refractivity contribution in [2.45, 2.75) is 13.3 Å². The van der Waals surface area contributed by atoms with E-state index < -0.39 is 0 Å². The number of alkyl halides is 1. The molecule has 0 radical (unpaired) electrons. The van der Waals surface area contributed by atoms with Crippen LogP contribution in [0, 0.1) is 0 Å². The normalized spacial score (nSPS) is 11.3. The number of allylic oxidation sites excluding steroid dienone is 3. The first kappa shape index (κ1) is 9.97. The van der Waals surface area contributed by atoms with Gasteiger partial charge in [0.2, 0.25) is 0 Å². The predicted molar refractivity (Wildman–Crippen MR) is 51.7 cm³/mol. The number of hydrogen-bond donors (Lipinski definition) is 1. The molecule has 0 aliphatic heterocycles. The van der Waals surface area contributed by atoms with E-state index in [0.717, 1.165) is 22.2 Å². The molecule has 0 unspecified atom stereocenters. The van der Waals surface area contributed by atoms with Crippen LogP contribution in [0.25, 0.3) is 0 Å². The lowest BCUT2D eigenvalue weighted by Crippen LogP contribution is -1.99. The van der Waals surface area contributed by atoms with E-state index in [1.807, 2.05) is 13.0 Å². The van der Waals surface area contributed by atoms with Gasteiger partial charge in [-0.15, -0.1) is 0 Å². The second-order valence-corrected chi connectivity index (χ2v) is 3.09. The second kappa shape index (κ2) is 5.73. The lowest BCUT2D eigenvalue weighted by atomic mass is 10.2. The van der Waals surface area contributed by atoms with Gasteiger partial charge in [-0.05, 0) is 13.0 Å². The Morgan fingerprint density at radius 1 is 1.80 bits per heavy atom. The quantitative estimate of drug-likeness (QED) is 0.274. The Bertz CT molecular complexity index is 143. The summed E-state index contributed by atoms with van der Waals surface area (Å²) >= 11 is 2.27. The maximum Gasteiger partial charge on any atom is 0.124 e. The van der Waals surface area contributed by atoms with Crippen molar-refractivity contribution in [1.29, 1.82) is 0 Å². The highest BCUT2D eigenvalue weighted by molar-refractivity contribution is 14.1. The maximum absolute atomic E-state index is 4.99. The summed E-state index contributed by atoms with van der Waals surface area (Å²) in [4.78, 5) is 4.60. The van der Waals surface area contributed by atoms with Crippen LogP contribution >= 0.6 is 22.6 Å². The van der Waals surface area contributed by atoms with Gasteiger partial charge in [-0.1, -0.05) is 34.7 Å². The van der Waals surface area contributed by atoms with Crippen molar-refractivity contribution in [3.05, 3.63) is 24.0 Å². The molecule has 10 heavy (non-hydrogen) atoms.